The van der Waals surface area contributed by atoms with Gasteiger partial charge in [0.2, 0.25) is 5.95 Å². The number of rotatable bonds is 7. The second kappa shape index (κ2) is 8.23. The van der Waals surface area contributed by atoms with Crippen LogP contribution in [-0.2, 0) is 6.42 Å². The molecule has 4 heteroatoms. The highest BCUT2D eigenvalue weighted by Crippen LogP contribution is 2.18. The Bertz CT molecular complexity index is 644. The average Bonchev–Trinajstić information content (AvgIpc) is 2.56. The number of hydrogen-bond acceptors (Lipinski definition) is 3. The van der Waals surface area contributed by atoms with Crippen molar-refractivity contribution in [3.8, 4) is 17.5 Å². The number of nitrogens with zero attached hydrogens (tertiary/aromatic N) is 3. The SMILES string of the molecule is CCCCCCCc1cnc(-c2ccc(C#N)cc2)nc1F. The van der Waals surface area contributed by atoms with Crippen LogP contribution in [-0.4, -0.2) is 9.97 Å². The molecule has 114 valence electrons. The van der Waals surface area contributed by atoms with Gasteiger partial charge in [-0.15, -0.1) is 0 Å². The molecule has 0 radical (unpaired) electrons. The first-order valence-corrected chi connectivity index (χ1v) is 7.76. The highest BCUT2D eigenvalue weighted by molar-refractivity contribution is 5.56. The first-order chi connectivity index (χ1) is 10.7. The molecule has 0 fully saturated rings. The molecule has 0 bridgehead atoms. The van der Waals surface area contributed by atoms with Crippen molar-refractivity contribution in [2.24, 2.45) is 0 Å². The fourth-order valence-corrected chi connectivity index (χ4v) is 2.31. The third-order valence-electron chi connectivity index (χ3n) is 3.63. The lowest BCUT2D eigenvalue weighted by Crippen LogP contribution is -1.99. The largest absolute Gasteiger partial charge is 0.236 e. The minimum absolute atomic E-state index is 0.358. The van der Waals surface area contributed by atoms with Gasteiger partial charge in [0, 0.05) is 17.3 Å². The highest BCUT2D eigenvalue weighted by Gasteiger charge is 2.08. The van der Waals surface area contributed by atoms with E-state index in [1.807, 2.05) is 6.07 Å². The van der Waals surface area contributed by atoms with Gasteiger partial charge in [0.05, 0.1) is 11.6 Å². The Morgan fingerprint density at radius 2 is 1.82 bits per heavy atom. The minimum Gasteiger partial charge on any atom is -0.236 e. The summed E-state index contributed by atoms with van der Waals surface area (Å²) in [6.07, 6.45) is 7.98. The molecule has 0 amide bonds. The summed E-state index contributed by atoms with van der Waals surface area (Å²) >= 11 is 0. The molecule has 2 rings (SSSR count). The predicted octanol–water partition coefficient (Wildman–Crippen LogP) is 4.67. The van der Waals surface area contributed by atoms with Crippen LogP contribution in [0.25, 0.3) is 11.4 Å². The van der Waals surface area contributed by atoms with Gasteiger partial charge in [-0.05, 0) is 37.1 Å². The first kappa shape index (κ1) is 16.1. The van der Waals surface area contributed by atoms with E-state index >= 15 is 0 Å². The Morgan fingerprint density at radius 1 is 1.09 bits per heavy atom. The summed E-state index contributed by atoms with van der Waals surface area (Å²) in [6.45, 7) is 2.18. The maximum absolute atomic E-state index is 14.1. The van der Waals surface area contributed by atoms with Crippen LogP contribution in [0.15, 0.2) is 30.5 Å². The number of halogens is 1. The topological polar surface area (TPSA) is 49.6 Å². The maximum atomic E-state index is 14.1. The maximum Gasteiger partial charge on any atom is 0.219 e. The summed E-state index contributed by atoms with van der Waals surface area (Å²) in [5, 5.41) is 8.77. The van der Waals surface area contributed by atoms with E-state index < -0.39 is 5.95 Å². The molecule has 0 aliphatic carbocycles. The summed E-state index contributed by atoms with van der Waals surface area (Å²) in [4.78, 5) is 8.20. The van der Waals surface area contributed by atoms with Gasteiger partial charge in [-0.1, -0.05) is 32.6 Å². The van der Waals surface area contributed by atoms with Gasteiger partial charge in [0.1, 0.15) is 0 Å². The van der Waals surface area contributed by atoms with Gasteiger partial charge in [-0.2, -0.15) is 14.6 Å². The molecular formula is C18H20FN3. The molecule has 22 heavy (non-hydrogen) atoms. The Labute approximate surface area is 130 Å². The normalized spacial score (nSPS) is 10.4. The third kappa shape index (κ3) is 4.36. The molecule has 2 aromatic rings. The zero-order chi connectivity index (χ0) is 15.8. The smallest absolute Gasteiger partial charge is 0.219 e. The Balaban J connectivity index is 2.01. The van der Waals surface area contributed by atoms with Crippen LogP contribution in [0.3, 0.4) is 0 Å². The second-order valence-electron chi connectivity index (χ2n) is 5.36. The Kier molecular flexibility index (Phi) is 6.02. The third-order valence-corrected chi connectivity index (χ3v) is 3.63. The second-order valence-corrected chi connectivity index (χ2v) is 5.36. The number of nitriles is 1. The van der Waals surface area contributed by atoms with E-state index in [-0.39, 0.29) is 0 Å². The predicted molar refractivity (Wildman–Crippen MR) is 84.6 cm³/mol. The quantitative estimate of drug-likeness (QED) is 0.551. The number of hydrogen-bond donors (Lipinski definition) is 0. The molecule has 1 aromatic heterocycles. The number of benzene rings is 1. The van der Waals surface area contributed by atoms with Gasteiger partial charge in [-0.3, -0.25) is 0 Å². The number of aromatic nitrogens is 2. The standard InChI is InChI=1S/C18H20FN3/c1-2-3-4-5-6-7-16-13-21-18(22-17(16)19)15-10-8-14(12-20)9-11-15/h8-11,13H,2-7H2,1H3. The Hall–Kier alpha value is -2.28. The van der Waals surface area contributed by atoms with Crippen molar-refractivity contribution in [1.29, 1.82) is 5.26 Å². The van der Waals surface area contributed by atoms with Crippen molar-refractivity contribution < 1.29 is 4.39 Å². The Morgan fingerprint density at radius 3 is 2.45 bits per heavy atom. The highest BCUT2D eigenvalue weighted by atomic mass is 19.1. The zero-order valence-electron chi connectivity index (χ0n) is 12.8. The average molecular weight is 297 g/mol. The summed E-state index contributed by atoms with van der Waals surface area (Å²) in [7, 11) is 0. The van der Waals surface area contributed by atoms with E-state index in [2.05, 4.69) is 16.9 Å². The van der Waals surface area contributed by atoms with Crippen LogP contribution >= 0.6 is 0 Å². The van der Waals surface area contributed by atoms with Crippen LogP contribution in [0.1, 0.15) is 50.2 Å². The zero-order valence-corrected chi connectivity index (χ0v) is 12.8. The van der Waals surface area contributed by atoms with E-state index in [4.69, 9.17) is 5.26 Å². The minimum atomic E-state index is -0.440. The van der Waals surface area contributed by atoms with Crippen molar-refractivity contribution in [2.45, 2.75) is 45.4 Å². The summed E-state index contributed by atoms with van der Waals surface area (Å²) in [5.74, 6) is -0.0819. The molecule has 1 aromatic carbocycles. The number of aryl methyl sites for hydroxylation is 1. The van der Waals surface area contributed by atoms with E-state index in [1.54, 1.807) is 30.5 Å². The van der Waals surface area contributed by atoms with E-state index in [0.29, 0.717) is 28.9 Å². The van der Waals surface area contributed by atoms with Crippen molar-refractivity contribution in [2.75, 3.05) is 0 Å². The fourth-order valence-electron chi connectivity index (χ4n) is 2.31. The monoisotopic (exact) mass is 297 g/mol. The van der Waals surface area contributed by atoms with E-state index in [1.165, 1.54) is 19.3 Å². The van der Waals surface area contributed by atoms with Crippen LogP contribution in [0.4, 0.5) is 4.39 Å². The van der Waals surface area contributed by atoms with Gasteiger partial charge in [-0.25, -0.2) is 4.98 Å². The van der Waals surface area contributed by atoms with Crippen LogP contribution in [0.2, 0.25) is 0 Å². The van der Waals surface area contributed by atoms with Crippen molar-refractivity contribution >= 4 is 0 Å². The molecule has 0 atom stereocenters. The fraction of sp³-hybridized carbons (Fsp3) is 0.389. The van der Waals surface area contributed by atoms with Crippen molar-refractivity contribution in [3.63, 3.8) is 0 Å². The van der Waals surface area contributed by atoms with Gasteiger partial charge < -0.3 is 0 Å². The molecular weight excluding hydrogens is 277 g/mol. The lowest BCUT2D eigenvalue weighted by Gasteiger charge is -2.05. The summed E-state index contributed by atoms with van der Waals surface area (Å²) in [6, 6.07) is 8.87. The van der Waals surface area contributed by atoms with Gasteiger partial charge >= 0.3 is 0 Å². The molecule has 3 nitrogen and oxygen atoms in total. The lowest BCUT2D eigenvalue weighted by atomic mass is 10.1. The molecule has 0 saturated carbocycles. The molecule has 0 aliphatic heterocycles. The number of unbranched alkanes of at least 4 members (excludes halogenated alkanes) is 4. The van der Waals surface area contributed by atoms with Crippen LogP contribution < -0.4 is 0 Å². The van der Waals surface area contributed by atoms with Gasteiger partial charge in [0.15, 0.2) is 5.82 Å². The van der Waals surface area contributed by atoms with Crippen molar-refractivity contribution in [1.82, 2.24) is 9.97 Å². The van der Waals surface area contributed by atoms with Crippen LogP contribution in [0, 0.1) is 17.3 Å². The molecule has 0 aliphatic rings. The molecule has 0 saturated heterocycles. The van der Waals surface area contributed by atoms with Gasteiger partial charge in [0.25, 0.3) is 0 Å². The lowest BCUT2D eigenvalue weighted by molar-refractivity contribution is 0.551. The van der Waals surface area contributed by atoms with E-state index in [0.717, 1.165) is 12.8 Å². The molecule has 0 N–H and O–H groups in total. The van der Waals surface area contributed by atoms with Crippen LogP contribution in [0.5, 0.6) is 0 Å². The molecule has 0 spiro atoms. The van der Waals surface area contributed by atoms with E-state index in [9.17, 15) is 4.39 Å². The molecule has 1 heterocycles. The summed E-state index contributed by atoms with van der Waals surface area (Å²) in [5.41, 5.74) is 1.86. The van der Waals surface area contributed by atoms with Crippen molar-refractivity contribution in [3.05, 3.63) is 47.5 Å². The summed E-state index contributed by atoms with van der Waals surface area (Å²) < 4.78 is 14.1. The first-order valence-electron chi connectivity index (χ1n) is 7.76. The molecule has 0 unspecified atom stereocenters.